The molecule has 0 fully saturated rings. The van der Waals surface area contributed by atoms with Crippen molar-refractivity contribution in [3.8, 4) is 5.75 Å². The highest BCUT2D eigenvalue weighted by molar-refractivity contribution is 7.92. The van der Waals surface area contributed by atoms with Crippen LogP contribution < -0.4 is 15.2 Å². The van der Waals surface area contributed by atoms with Gasteiger partial charge in [0.2, 0.25) is 15.9 Å². The summed E-state index contributed by atoms with van der Waals surface area (Å²) < 4.78 is 29.7. The zero-order valence-corrected chi connectivity index (χ0v) is 11.2. The summed E-state index contributed by atoms with van der Waals surface area (Å²) in [4.78, 5) is 11.1. The van der Waals surface area contributed by atoms with E-state index in [1.54, 1.807) is 19.1 Å². The number of hydrogen-bond acceptors (Lipinski definition) is 4. The van der Waals surface area contributed by atoms with Gasteiger partial charge in [0.25, 0.3) is 0 Å². The number of nitrogens with one attached hydrogen (secondary N) is 1. The van der Waals surface area contributed by atoms with Crippen LogP contribution in [0.15, 0.2) is 18.2 Å². The molecule has 1 rings (SSSR count). The summed E-state index contributed by atoms with van der Waals surface area (Å²) in [7, 11) is -1.96. The predicted octanol–water partition coefficient (Wildman–Crippen LogP) is 0.655. The number of anilines is 1. The second-order valence-electron chi connectivity index (χ2n) is 3.96. The first-order valence-electron chi connectivity index (χ1n) is 5.19. The van der Waals surface area contributed by atoms with E-state index in [2.05, 4.69) is 4.72 Å². The van der Waals surface area contributed by atoms with Crippen molar-refractivity contribution in [2.75, 3.05) is 18.1 Å². The molecule has 0 aliphatic rings. The molecule has 1 unspecified atom stereocenters. The standard InChI is InChI=1S/C11H16N2O4S/c1-7(11(12)14)8-4-5-9(10(6-8)17-2)13-18(3,15)16/h4-7,13H,1-3H3,(H2,12,14). The second-order valence-corrected chi connectivity index (χ2v) is 5.71. The highest BCUT2D eigenvalue weighted by Gasteiger charge is 2.15. The average molecular weight is 272 g/mol. The lowest BCUT2D eigenvalue weighted by molar-refractivity contribution is -0.119. The minimum Gasteiger partial charge on any atom is -0.495 e. The molecule has 0 saturated carbocycles. The van der Waals surface area contributed by atoms with E-state index in [9.17, 15) is 13.2 Å². The minimum atomic E-state index is -3.38. The fraction of sp³-hybridized carbons (Fsp3) is 0.364. The van der Waals surface area contributed by atoms with Crippen molar-refractivity contribution in [1.29, 1.82) is 0 Å². The van der Waals surface area contributed by atoms with Crippen molar-refractivity contribution in [3.63, 3.8) is 0 Å². The van der Waals surface area contributed by atoms with Crippen LogP contribution in [0, 0.1) is 0 Å². The number of methoxy groups -OCH3 is 1. The van der Waals surface area contributed by atoms with Gasteiger partial charge in [-0.15, -0.1) is 0 Å². The van der Waals surface area contributed by atoms with E-state index in [0.717, 1.165) is 6.26 Å². The number of benzene rings is 1. The van der Waals surface area contributed by atoms with Crippen molar-refractivity contribution in [3.05, 3.63) is 23.8 Å². The topological polar surface area (TPSA) is 98.5 Å². The van der Waals surface area contributed by atoms with Gasteiger partial charge >= 0.3 is 0 Å². The fourth-order valence-corrected chi connectivity index (χ4v) is 1.99. The number of primary amides is 1. The molecule has 1 atom stereocenters. The molecule has 6 nitrogen and oxygen atoms in total. The maximum atomic E-state index is 11.2. The molecule has 0 aliphatic carbocycles. The van der Waals surface area contributed by atoms with Gasteiger partial charge in [0.05, 0.1) is 25.0 Å². The van der Waals surface area contributed by atoms with Crippen molar-refractivity contribution >= 4 is 21.6 Å². The van der Waals surface area contributed by atoms with Crippen LogP contribution in [0.25, 0.3) is 0 Å². The first kappa shape index (κ1) is 14.3. The van der Waals surface area contributed by atoms with Crippen LogP contribution >= 0.6 is 0 Å². The molecule has 18 heavy (non-hydrogen) atoms. The second kappa shape index (κ2) is 5.26. The molecule has 1 aromatic rings. The first-order chi connectivity index (χ1) is 8.24. The normalized spacial score (nSPS) is 12.8. The third kappa shape index (κ3) is 3.63. The van der Waals surface area contributed by atoms with Gasteiger partial charge < -0.3 is 10.5 Å². The van der Waals surface area contributed by atoms with Gasteiger partial charge in [0.1, 0.15) is 5.75 Å². The van der Waals surface area contributed by atoms with Crippen LogP contribution in [0.3, 0.4) is 0 Å². The summed E-state index contributed by atoms with van der Waals surface area (Å²) in [6.07, 6.45) is 1.05. The molecule has 0 aliphatic heterocycles. The molecule has 100 valence electrons. The van der Waals surface area contributed by atoms with E-state index in [4.69, 9.17) is 10.5 Å². The van der Waals surface area contributed by atoms with Crippen molar-refractivity contribution in [1.82, 2.24) is 0 Å². The minimum absolute atomic E-state index is 0.320. The third-order valence-electron chi connectivity index (χ3n) is 2.45. The molecule has 1 amide bonds. The SMILES string of the molecule is COc1cc(C(C)C(N)=O)ccc1NS(C)(=O)=O. The highest BCUT2D eigenvalue weighted by atomic mass is 32.2. The molecule has 0 radical (unpaired) electrons. The molecule has 0 spiro atoms. The number of sulfonamides is 1. The summed E-state index contributed by atoms with van der Waals surface area (Å²) in [6, 6.07) is 4.75. The first-order valence-corrected chi connectivity index (χ1v) is 7.09. The van der Waals surface area contributed by atoms with Gasteiger partial charge in [-0.05, 0) is 24.6 Å². The maximum Gasteiger partial charge on any atom is 0.229 e. The molecular weight excluding hydrogens is 256 g/mol. The van der Waals surface area contributed by atoms with E-state index in [1.807, 2.05) is 0 Å². The number of hydrogen-bond donors (Lipinski definition) is 2. The summed E-state index contributed by atoms with van der Waals surface area (Å²) >= 11 is 0. The molecule has 0 heterocycles. The Balaban J connectivity index is 3.15. The Hall–Kier alpha value is -1.76. The van der Waals surface area contributed by atoms with E-state index in [1.165, 1.54) is 13.2 Å². The Kier molecular flexibility index (Phi) is 4.18. The summed E-state index contributed by atoms with van der Waals surface area (Å²) in [5.74, 6) is -0.585. The van der Waals surface area contributed by atoms with Gasteiger partial charge in [-0.2, -0.15) is 0 Å². The number of carbonyl (C=O) groups excluding carboxylic acids is 1. The smallest absolute Gasteiger partial charge is 0.229 e. The lowest BCUT2D eigenvalue weighted by atomic mass is 10.00. The zero-order chi connectivity index (χ0) is 13.9. The molecular formula is C11H16N2O4S. The van der Waals surface area contributed by atoms with Crippen LogP contribution in [0.2, 0.25) is 0 Å². The Morgan fingerprint density at radius 3 is 2.50 bits per heavy atom. The van der Waals surface area contributed by atoms with Crippen LogP contribution in [0.4, 0.5) is 5.69 Å². The van der Waals surface area contributed by atoms with Gasteiger partial charge in [-0.25, -0.2) is 8.42 Å². The third-order valence-corrected chi connectivity index (χ3v) is 3.04. The van der Waals surface area contributed by atoms with Gasteiger partial charge in [0.15, 0.2) is 0 Å². The van der Waals surface area contributed by atoms with Crippen LogP contribution in [0.5, 0.6) is 5.75 Å². The Labute approximate surface area is 106 Å². The number of carbonyl (C=O) groups is 1. The number of nitrogens with two attached hydrogens (primary N) is 1. The maximum absolute atomic E-state index is 11.2. The molecule has 0 aromatic heterocycles. The molecule has 3 N–H and O–H groups in total. The number of ether oxygens (including phenoxy) is 1. The van der Waals surface area contributed by atoms with Crippen molar-refractivity contribution < 1.29 is 17.9 Å². The summed E-state index contributed by atoms with van der Waals surface area (Å²) in [5, 5.41) is 0. The Morgan fingerprint density at radius 1 is 1.44 bits per heavy atom. The fourth-order valence-electron chi connectivity index (χ4n) is 1.43. The van der Waals surface area contributed by atoms with E-state index in [0.29, 0.717) is 17.0 Å². The largest absolute Gasteiger partial charge is 0.495 e. The lowest BCUT2D eigenvalue weighted by Gasteiger charge is -2.13. The molecule has 0 bridgehead atoms. The van der Waals surface area contributed by atoms with E-state index in [-0.39, 0.29) is 0 Å². The molecule has 7 heteroatoms. The van der Waals surface area contributed by atoms with Crippen LogP contribution in [-0.2, 0) is 14.8 Å². The Bertz CT molecular complexity index is 554. The Morgan fingerprint density at radius 2 is 2.06 bits per heavy atom. The van der Waals surface area contributed by atoms with E-state index >= 15 is 0 Å². The number of rotatable bonds is 5. The van der Waals surface area contributed by atoms with Gasteiger partial charge in [-0.1, -0.05) is 6.07 Å². The monoisotopic (exact) mass is 272 g/mol. The van der Waals surface area contributed by atoms with Crippen LogP contribution in [-0.4, -0.2) is 27.7 Å². The quantitative estimate of drug-likeness (QED) is 0.822. The zero-order valence-electron chi connectivity index (χ0n) is 10.4. The van der Waals surface area contributed by atoms with Crippen molar-refractivity contribution in [2.45, 2.75) is 12.8 Å². The molecule has 0 saturated heterocycles. The summed E-state index contributed by atoms with van der Waals surface area (Å²) in [5.41, 5.74) is 6.19. The van der Waals surface area contributed by atoms with Crippen molar-refractivity contribution in [2.24, 2.45) is 5.73 Å². The van der Waals surface area contributed by atoms with Gasteiger partial charge in [-0.3, -0.25) is 9.52 Å². The van der Waals surface area contributed by atoms with Crippen LogP contribution in [0.1, 0.15) is 18.4 Å². The average Bonchev–Trinajstić information content (AvgIpc) is 2.26. The van der Waals surface area contributed by atoms with E-state index < -0.39 is 21.8 Å². The number of amides is 1. The lowest BCUT2D eigenvalue weighted by Crippen LogP contribution is -2.19. The highest BCUT2D eigenvalue weighted by Crippen LogP contribution is 2.29. The molecule has 1 aromatic carbocycles. The van der Waals surface area contributed by atoms with Gasteiger partial charge in [0, 0.05) is 0 Å². The summed E-state index contributed by atoms with van der Waals surface area (Å²) in [6.45, 7) is 1.67. The predicted molar refractivity (Wildman–Crippen MR) is 69.1 cm³/mol.